The summed E-state index contributed by atoms with van der Waals surface area (Å²) in [7, 11) is 0. The van der Waals surface area contributed by atoms with Crippen LogP contribution in [-0.2, 0) is 11.3 Å². The molecule has 4 heteroatoms. The van der Waals surface area contributed by atoms with Crippen molar-refractivity contribution in [2.24, 2.45) is 17.8 Å². The van der Waals surface area contributed by atoms with Gasteiger partial charge in [0.1, 0.15) is 6.61 Å². The highest BCUT2D eigenvalue weighted by molar-refractivity contribution is 5.68. The number of carbonyl (C=O) groups excluding carboxylic acids is 1. The summed E-state index contributed by atoms with van der Waals surface area (Å²) in [5.41, 5.74) is 0.967. The van der Waals surface area contributed by atoms with Crippen molar-refractivity contribution in [3.05, 3.63) is 48.0 Å². The average molecular weight is 273 g/mol. The largest absolute Gasteiger partial charge is 0.445 e. The van der Waals surface area contributed by atoms with Crippen LogP contribution in [0.4, 0.5) is 4.79 Å². The third-order valence-electron chi connectivity index (χ3n) is 4.33. The molecule has 1 aromatic carbocycles. The molecule has 2 bridgehead atoms. The molecule has 1 saturated carbocycles. The molecule has 2 aliphatic rings. The first-order chi connectivity index (χ1) is 9.78. The number of nitrogens with one attached hydrogen (secondary N) is 1. The van der Waals surface area contributed by atoms with Gasteiger partial charge in [-0.15, -0.1) is 0 Å². The van der Waals surface area contributed by atoms with Gasteiger partial charge in [0.05, 0.1) is 0 Å². The van der Waals surface area contributed by atoms with Crippen molar-refractivity contribution in [1.82, 2.24) is 5.32 Å². The van der Waals surface area contributed by atoms with Crippen molar-refractivity contribution in [3.8, 4) is 0 Å². The molecule has 0 unspecified atom stereocenters. The number of carbonyl (C=O) groups is 1. The molecule has 4 atom stereocenters. The number of alkyl carbamates (subject to hydrolysis) is 1. The third kappa shape index (κ3) is 2.56. The Bertz CT molecular complexity index is 500. The molecule has 20 heavy (non-hydrogen) atoms. The van der Waals surface area contributed by atoms with Gasteiger partial charge in [-0.2, -0.15) is 0 Å². The summed E-state index contributed by atoms with van der Waals surface area (Å²) < 4.78 is 5.23. The number of rotatable bonds is 4. The van der Waals surface area contributed by atoms with Gasteiger partial charge in [-0.3, -0.25) is 0 Å². The van der Waals surface area contributed by atoms with E-state index in [2.05, 4.69) is 17.5 Å². The van der Waals surface area contributed by atoms with Gasteiger partial charge < -0.3 is 15.2 Å². The molecule has 106 valence electrons. The van der Waals surface area contributed by atoms with Gasteiger partial charge in [-0.1, -0.05) is 42.5 Å². The van der Waals surface area contributed by atoms with Gasteiger partial charge in [0.15, 0.2) is 0 Å². The van der Waals surface area contributed by atoms with Crippen molar-refractivity contribution in [3.63, 3.8) is 0 Å². The Balaban J connectivity index is 1.53. The fourth-order valence-electron chi connectivity index (χ4n) is 3.29. The van der Waals surface area contributed by atoms with Crippen molar-refractivity contribution in [2.45, 2.75) is 19.1 Å². The van der Waals surface area contributed by atoms with Crippen LogP contribution in [0.1, 0.15) is 12.0 Å². The molecular formula is C16H19NO3. The van der Waals surface area contributed by atoms with E-state index < -0.39 is 6.09 Å². The molecule has 0 saturated heterocycles. The number of hydrogen-bond acceptors (Lipinski definition) is 3. The number of aliphatic hydroxyl groups excluding tert-OH is 1. The first kappa shape index (κ1) is 13.2. The van der Waals surface area contributed by atoms with Gasteiger partial charge in [0, 0.05) is 18.6 Å². The van der Waals surface area contributed by atoms with Crippen LogP contribution in [0.3, 0.4) is 0 Å². The number of fused-ring (bicyclic) bond motifs is 2. The van der Waals surface area contributed by atoms with Crippen molar-refractivity contribution >= 4 is 6.09 Å². The Kier molecular flexibility index (Phi) is 3.74. The Morgan fingerprint density at radius 1 is 1.25 bits per heavy atom. The van der Waals surface area contributed by atoms with E-state index in [0.29, 0.717) is 11.8 Å². The molecule has 0 aliphatic heterocycles. The van der Waals surface area contributed by atoms with Crippen LogP contribution in [0.15, 0.2) is 42.5 Å². The summed E-state index contributed by atoms with van der Waals surface area (Å²) in [6.45, 7) is 0.377. The topological polar surface area (TPSA) is 58.6 Å². The van der Waals surface area contributed by atoms with E-state index in [0.717, 1.165) is 12.0 Å². The predicted octanol–water partition coefficient (Wildman–Crippen LogP) is 2.10. The van der Waals surface area contributed by atoms with Crippen LogP contribution in [0.5, 0.6) is 0 Å². The van der Waals surface area contributed by atoms with E-state index in [-0.39, 0.29) is 25.2 Å². The van der Waals surface area contributed by atoms with E-state index in [1.807, 2.05) is 30.3 Å². The Morgan fingerprint density at radius 3 is 2.75 bits per heavy atom. The van der Waals surface area contributed by atoms with Gasteiger partial charge in [-0.05, 0) is 23.8 Å². The number of allylic oxidation sites excluding steroid dienone is 1. The summed E-state index contributed by atoms with van der Waals surface area (Å²) in [6, 6.07) is 9.60. The van der Waals surface area contributed by atoms with Crippen LogP contribution < -0.4 is 5.32 Å². The summed E-state index contributed by atoms with van der Waals surface area (Å²) in [5, 5.41) is 12.4. The maximum atomic E-state index is 11.9. The van der Waals surface area contributed by atoms with Crippen molar-refractivity contribution in [1.29, 1.82) is 0 Å². The van der Waals surface area contributed by atoms with E-state index in [1.165, 1.54) is 0 Å². The van der Waals surface area contributed by atoms with Gasteiger partial charge in [0.2, 0.25) is 0 Å². The number of ether oxygens (including phenoxy) is 1. The minimum absolute atomic E-state index is 0.00160. The molecule has 3 rings (SSSR count). The van der Waals surface area contributed by atoms with E-state index in [9.17, 15) is 9.90 Å². The highest BCUT2D eigenvalue weighted by Crippen LogP contribution is 2.43. The zero-order chi connectivity index (χ0) is 13.9. The first-order valence-corrected chi connectivity index (χ1v) is 7.04. The molecule has 2 aliphatic carbocycles. The molecule has 0 radical (unpaired) electrons. The number of hydrogen-bond donors (Lipinski definition) is 2. The van der Waals surface area contributed by atoms with E-state index in [4.69, 9.17) is 4.74 Å². The second-order valence-corrected chi connectivity index (χ2v) is 5.53. The second-order valence-electron chi connectivity index (χ2n) is 5.53. The molecule has 1 aromatic rings. The highest BCUT2D eigenvalue weighted by atomic mass is 16.5. The molecule has 2 N–H and O–H groups in total. The Labute approximate surface area is 118 Å². The smallest absolute Gasteiger partial charge is 0.407 e. The van der Waals surface area contributed by atoms with E-state index >= 15 is 0 Å². The van der Waals surface area contributed by atoms with Crippen LogP contribution in [-0.4, -0.2) is 23.8 Å². The maximum absolute atomic E-state index is 11.9. The van der Waals surface area contributed by atoms with Crippen LogP contribution in [0.25, 0.3) is 0 Å². The lowest BCUT2D eigenvalue weighted by Crippen LogP contribution is -2.44. The summed E-state index contributed by atoms with van der Waals surface area (Å²) >= 11 is 0. The number of aliphatic hydroxyl groups is 1. The van der Waals surface area contributed by atoms with Crippen molar-refractivity contribution < 1.29 is 14.6 Å². The standard InChI is InChI=1S/C16H19NO3/c18-9-14-12-6-7-13(8-12)15(14)17-16(19)20-10-11-4-2-1-3-5-11/h1-7,12-15,18H,8-10H2,(H,17,19)/t12-,13+,14-,15-/m0/s1. The summed E-state index contributed by atoms with van der Waals surface area (Å²) in [5.74, 6) is 0.847. The van der Waals surface area contributed by atoms with Gasteiger partial charge in [0.25, 0.3) is 0 Å². The third-order valence-corrected chi connectivity index (χ3v) is 4.33. The predicted molar refractivity (Wildman–Crippen MR) is 74.9 cm³/mol. The number of benzene rings is 1. The fourth-order valence-corrected chi connectivity index (χ4v) is 3.29. The molecule has 1 amide bonds. The molecule has 0 aromatic heterocycles. The van der Waals surface area contributed by atoms with Crippen molar-refractivity contribution in [2.75, 3.05) is 6.61 Å². The minimum Gasteiger partial charge on any atom is -0.445 e. The molecular weight excluding hydrogens is 254 g/mol. The normalized spacial score (nSPS) is 30.4. The zero-order valence-electron chi connectivity index (χ0n) is 11.2. The molecule has 0 heterocycles. The molecule has 4 nitrogen and oxygen atoms in total. The molecule has 1 fully saturated rings. The molecule has 0 spiro atoms. The lowest BCUT2D eigenvalue weighted by molar-refractivity contribution is 0.122. The second kappa shape index (κ2) is 5.67. The van der Waals surface area contributed by atoms with Gasteiger partial charge >= 0.3 is 6.09 Å². The number of amides is 1. The Morgan fingerprint density at radius 2 is 2.00 bits per heavy atom. The van der Waals surface area contributed by atoms with E-state index in [1.54, 1.807) is 0 Å². The lowest BCUT2D eigenvalue weighted by atomic mass is 9.90. The Hall–Kier alpha value is -1.81. The van der Waals surface area contributed by atoms with Gasteiger partial charge in [-0.25, -0.2) is 4.79 Å². The maximum Gasteiger partial charge on any atom is 0.407 e. The fraction of sp³-hybridized carbons (Fsp3) is 0.438. The quantitative estimate of drug-likeness (QED) is 0.826. The highest BCUT2D eigenvalue weighted by Gasteiger charge is 2.44. The minimum atomic E-state index is -0.404. The van der Waals surface area contributed by atoms with Crippen LogP contribution in [0.2, 0.25) is 0 Å². The lowest BCUT2D eigenvalue weighted by Gasteiger charge is -2.26. The average Bonchev–Trinajstić information content (AvgIpc) is 3.07. The monoisotopic (exact) mass is 273 g/mol. The summed E-state index contributed by atoms with van der Waals surface area (Å²) in [6.07, 6.45) is 4.91. The van der Waals surface area contributed by atoms with Crippen LogP contribution in [0, 0.1) is 17.8 Å². The zero-order valence-corrected chi connectivity index (χ0v) is 11.2. The first-order valence-electron chi connectivity index (χ1n) is 7.04. The summed E-state index contributed by atoms with van der Waals surface area (Å²) in [4.78, 5) is 11.9. The van der Waals surface area contributed by atoms with Crippen LogP contribution >= 0.6 is 0 Å². The SMILES string of the molecule is O=C(N[C@@H]1[C@@H](CO)[C@H]2C=C[C@@H]1C2)OCc1ccccc1.